The Kier molecular flexibility index (Phi) is 3.06. The molecule has 110 valence electrons. The molecule has 2 N–H and O–H groups in total. The quantitative estimate of drug-likeness (QED) is 0.711. The van der Waals surface area contributed by atoms with Crippen LogP contribution in [0.3, 0.4) is 0 Å². The van der Waals surface area contributed by atoms with E-state index in [9.17, 15) is 0 Å². The molecule has 20 heavy (non-hydrogen) atoms. The first kappa shape index (κ1) is 14.1. The van der Waals surface area contributed by atoms with Gasteiger partial charge in [0, 0.05) is 6.04 Å². The smallest absolute Gasteiger partial charge is 0.0298 e. The van der Waals surface area contributed by atoms with Crippen LogP contribution in [0.1, 0.15) is 94.5 Å². The van der Waals surface area contributed by atoms with Gasteiger partial charge in [-0.05, 0) is 64.7 Å². The third kappa shape index (κ3) is 2.02. The van der Waals surface area contributed by atoms with Crippen molar-refractivity contribution in [2.24, 2.45) is 5.73 Å². The van der Waals surface area contributed by atoms with E-state index in [1.165, 1.54) is 30.4 Å². The van der Waals surface area contributed by atoms with Gasteiger partial charge >= 0.3 is 0 Å². The normalized spacial score (nSPS) is 30.5. The highest BCUT2D eigenvalue weighted by molar-refractivity contribution is 5.49. The van der Waals surface area contributed by atoms with Crippen molar-refractivity contribution in [3.05, 3.63) is 34.4 Å². The van der Waals surface area contributed by atoms with E-state index in [1.807, 2.05) is 0 Å². The Morgan fingerprint density at radius 1 is 0.900 bits per heavy atom. The second-order valence-corrected chi connectivity index (χ2v) is 8.38. The third-order valence-electron chi connectivity index (χ3n) is 5.90. The van der Waals surface area contributed by atoms with Gasteiger partial charge in [-0.2, -0.15) is 0 Å². The second kappa shape index (κ2) is 4.34. The van der Waals surface area contributed by atoms with Crippen LogP contribution in [0, 0.1) is 0 Å². The lowest BCUT2D eigenvalue weighted by atomic mass is 9.61. The molecule has 0 bridgehead atoms. The summed E-state index contributed by atoms with van der Waals surface area (Å²) in [4.78, 5) is 0. The Morgan fingerprint density at radius 3 is 1.95 bits per heavy atom. The van der Waals surface area contributed by atoms with E-state index in [0.717, 1.165) is 6.42 Å². The van der Waals surface area contributed by atoms with Crippen molar-refractivity contribution in [3.63, 3.8) is 0 Å². The molecule has 2 aliphatic rings. The van der Waals surface area contributed by atoms with Gasteiger partial charge in [0.15, 0.2) is 0 Å². The largest absolute Gasteiger partial charge is 0.324 e. The van der Waals surface area contributed by atoms with Crippen molar-refractivity contribution in [1.29, 1.82) is 0 Å². The highest BCUT2D eigenvalue weighted by Crippen LogP contribution is 2.49. The molecule has 1 aromatic carbocycles. The van der Waals surface area contributed by atoms with Gasteiger partial charge in [0.2, 0.25) is 0 Å². The van der Waals surface area contributed by atoms with Crippen LogP contribution >= 0.6 is 0 Å². The molecule has 1 nitrogen and oxygen atoms in total. The first-order valence-electron chi connectivity index (χ1n) is 8.17. The monoisotopic (exact) mass is 271 g/mol. The Balaban J connectivity index is 2.25. The van der Waals surface area contributed by atoms with Crippen molar-refractivity contribution in [2.75, 3.05) is 0 Å². The summed E-state index contributed by atoms with van der Waals surface area (Å²) >= 11 is 0. The van der Waals surface area contributed by atoms with E-state index in [0.29, 0.717) is 16.7 Å². The summed E-state index contributed by atoms with van der Waals surface area (Å²) in [5.41, 5.74) is 13.1. The van der Waals surface area contributed by atoms with Gasteiger partial charge in [0.05, 0.1) is 0 Å². The van der Waals surface area contributed by atoms with Crippen molar-refractivity contribution in [3.8, 4) is 0 Å². The fourth-order valence-electron chi connectivity index (χ4n) is 4.14. The van der Waals surface area contributed by atoms with E-state index in [4.69, 9.17) is 5.73 Å². The summed E-state index contributed by atoms with van der Waals surface area (Å²) in [6.07, 6.45) is 4.93. The fourth-order valence-corrected chi connectivity index (χ4v) is 4.14. The number of fused-ring (bicyclic) bond motifs is 2. The standard InChI is InChI=1S/C19H29N/c1-12-6-7-17(20)14-11-16-15(10-13(12)14)18(2,3)8-9-19(16,4)5/h10-12,17H,6-9,20H2,1-5H3/t12?,17-/m0/s1. The number of hydrogen-bond acceptors (Lipinski definition) is 1. The van der Waals surface area contributed by atoms with E-state index in [2.05, 4.69) is 46.8 Å². The van der Waals surface area contributed by atoms with E-state index in [-0.39, 0.29) is 6.04 Å². The van der Waals surface area contributed by atoms with E-state index < -0.39 is 0 Å². The van der Waals surface area contributed by atoms with Crippen molar-refractivity contribution < 1.29 is 0 Å². The predicted octanol–water partition coefficient (Wildman–Crippen LogP) is 4.93. The van der Waals surface area contributed by atoms with Crippen LogP contribution in [0.5, 0.6) is 0 Å². The minimum atomic E-state index is 0.243. The molecule has 1 unspecified atom stereocenters. The molecule has 0 amide bonds. The molecule has 0 saturated carbocycles. The summed E-state index contributed by atoms with van der Waals surface area (Å²) in [5, 5.41) is 0. The topological polar surface area (TPSA) is 26.0 Å². The molecule has 1 heteroatoms. The fraction of sp³-hybridized carbons (Fsp3) is 0.684. The maximum atomic E-state index is 6.40. The van der Waals surface area contributed by atoms with Gasteiger partial charge in [0.25, 0.3) is 0 Å². The first-order chi connectivity index (χ1) is 9.22. The van der Waals surface area contributed by atoms with E-state index >= 15 is 0 Å². The van der Waals surface area contributed by atoms with Crippen LogP contribution in [0.4, 0.5) is 0 Å². The Bertz CT molecular complexity index is 490. The lowest BCUT2D eigenvalue weighted by Gasteiger charge is -2.43. The van der Waals surface area contributed by atoms with Crippen molar-refractivity contribution in [2.45, 2.75) is 83.1 Å². The summed E-state index contributed by atoms with van der Waals surface area (Å²) in [7, 11) is 0. The summed E-state index contributed by atoms with van der Waals surface area (Å²) < 4.78 is 0. The van der Waals surface area contributed by atoms with Gasteiger partial charge in [-0.25, -0.2) is 0 Å². The zero-order chi connectivity index (χ0) is 14.7. The molecule has 0 spiro atoms. The highest BCUT2D eigenvalue weighted by Gasteiger charge is 2.38. The Labute approximate surface area is 124 Å². The molecule has 0 aliphatic heterocycles. The lowest BCUT2D eigenvalue weighted by Crippen LogP contribution is -2.35. The molecule has 0 aromatic heterocycles. The molecular weight excluding hydrogens is 242 g/mol. The molecular formula is C19H29N. The Morgan fingerprint density at radius 2 is 1.40 bits per heavy atom. The average molecular weight is 271 g/mol. The molecule has 0 saturated heterocycles. The van der Waals surface area contributed by atoms with Gasteiger partial charge in [-0.3, -0.25) is 0 Å². The lowest BCUT2D eigenvalue weighted by molar-refractivity contribution is 0.330. The summed E-state index contributed by atoms with van der Waals surface area (Å²) in [6, 6.07) is 5.22. The molecule has 0 heterocycles. The highest BCUT2D eigenvalue weighted by atomic mass is 14.6. The molecule has 3 rings (SSSR count). The minimum Gasteiger partial charge on any atom is -0.324 e. The van der Waals surface area contributed by atoms with Crippen LogP contribution in [-0.4, -0.2) is 0 Å². The van der Waals surface area contributed by atoms with Gasteiger partial charge in [0.1, 0.15) is 0 Å². The predicted molar refractivity (Wildman–Crippen MR) is 86.3 cm³/mol. The molecule has 2 atom stereocenters. The van der Waals surface area contributed by atoms with Gasteiger partial charge < -0.3 is 5.73 Å². The van der Waals surface area contributed by atoms with Crippen molar-refractivity contribution >= 4 is 0 Å². The van der Waals surface area contributed by atoms with Crippen LogP contribution in [0.15, 0.2) is 12.1 Å². The van der Waals surface area contributed by atoms with Gasteiger partial charge in [-0.15, -0.1) is 0 Å². The number of nitrogens with two attached hydrogens (primary N) is 1. The van der Waals surface area contributed by atoms with Crippen LogP contribution in [0.25, 0.3) is 0 Å². The number of rotatable bonds is 0. The van der Waals surface area contributed by atoms with E-state index in [1.54, 1.807) is 11.1 Å². The number of hydrogen-bond donors (Lipinski definition) is 1. The van der Waals surface area contributed by atoms with Gasteiger partial charge in [-0.1, -0.05) is 46.8 Å². The zero-order valence-electron chi connectivity index (χ0n) is 13.7. The van der Waals surface area contributed by atoms with Crippen LogP contribution in [0.2, 0.25) is 0 Å². The Hall–Kier alpha value is -0.820. The van der Waals surface area contributed by atoms with Crippen LogP contribution < -0.4 is 5.73 Å². The maximum absolute atomic E-state index is 6.40. The molecule has 0 radical (unpaired) electrons. The van der Waals surface area contributed by atoms with Crippen LogP contribution in [-0.2, 0) is 10.8 Å². The molecule has 1 aromatic rings. The summed E-state index contributed by atoms with van der Waals surface area (Å²) in [6.45, 7) is 12.0. The molecule has 2 aliphatic carbocycles. The zero-order valence-corrected chi connectivity index (χ0v) is 13.7. The average Bonchev–Trinajstić information content (AvgIpc) is 2.39. The molecule has 0 fully saturated rings. The minimum absolute atomic E-state index is 0.243. The number of benzene rings is 1. The first-order valence-corrected chi connectivity index (χ1v) is 8.17. The maximum Gasteiger partial charge on any atom is 0.0298 e. The SMILES string of the molecule is CC1CC[C@H](N)c2cc3c(cc21)C(C)(C)CCC3(C)C. The third-order valence-corrected chi connectivity index (χ3v) is 5.90. The summed E-state index contributed by atoms with van der Waals surface area (Å²) in [5.74, 6) is 0.663. The second-order valence-electron chi connectivity index (χ2n) is 8.38. The van der Waals surface area contributed by atoms with Crippen molar-refractivity contribution in [1.82, 2.24) is 0 Å².